The summed E-state index contributed by atoms with van der Waals surface area (Å²) in [5, 5.41) is 0. The molecule has 8 heteroatoms. The zero-order valence-electron chi connectivity index (χ0n) is 15.3. The van der Waals surface area contributed by atoms with Crippen LogP contribution in [-0.2, 0) is 5.54 Å². The lowest BCUT2D eigenvalue weighted by Gasteiger charge is -2.44. The number of hydrogen-bond donors (Lipinski definition) is 2. The minimum atomic E-state index is -0.312. The molecule has 4 N–H and O–H groups in total. The minimum absolute atomic E-state index is 0.312. The van der Waals surface area contributed by atoms with E-state index in [0.717, 1.165) is 44.9 Å². The highest BCUT2D eigenvalue weighted by Crippen LogP contribution is 2.77. The molecular weight excluding hydrogens is 368 g/mol. The summed E-state index contributed by atoms with van der Waals surface area (Å²) in [5.74, 6) is 1.59. The van der Waals surface area contributed by atoms with Gasteiger partial charge in [0.25, 0.3) is 0 Å². The molecule has 0 radical (unpaired) electrons. The normalized spacial score (nSPS) is 21.2. The van der Waals surface area contributed by atoms with Crippen LogP contribution in [0.2, 0.25) is 0 Å². The van der Waals surface area contributed by atoms with Crippen molar-refractivity contribution in [3.05, 3.63) is 16.7 Å². The summed E-state index contributed by atoms with van der Waals surface area (Å²) in [5.41, 5.74) is 32.2. The largest absolute Gasteiger partial charge is 0.492 e. The van der Waals surface area contributed by atoms with Gasteiger partial charge in [0.05, 0.1) is 75.2 Å². The van der Waals surface area contributed by atoms with Crippen molar-refractivity contribution in [3.8, 4) is 22.9 Å². The third kappa shape index (κ3) is 0.651. The van der Waals surface area contributed by atoms with Crippen molar-refractivity contribution in [2.75, 3.05) is 25.7 Å². The number of aromatic nitrogens is 4. The molecule has 0 saturated heterocycles. The maximum absolute atomic E-state index is 6.63. The van der Waals surface area contributed by atoms with E-state index in [1.807, 2.05) is 0 Å². The van der Waals surface area contributed by atoms with E-state index >= 15 is 0 Å². The number of nitrogens with zero attached hydrogens (tertiary/aromatic N) is 4. The smallest absolute Gasteiger partial charge is 0.168 e. The van der Waals surface area contributed by atoms with Gasteiger partial charge in [0.1, 0.15) is 16.9 Å². The summed E-state index contributed by atoms with van der Waals surface area (Å²) >= 11 is 0. The number of pyridine rings is 1. The van der Waals surface area contributed by atoms with Gasteiger partial charge in [-0.3, -0.25) is 8.97 Å². The lowest BCUT2D eigenvalue weighted by atomic mass is 9.71. The average molecular weight is 378 g/mol. The van der Waals surface area contributed by atoms with Crippen LogP contribution in [0.5, 0.6) is 11.5 Å². The first-order chi connectivity index (χ1) is 14.2. The third-order valence-electron chi connectivity index (χ3n) is 8.34. The van der Waals surface area contributed by atoms with E-state index in [2.05, 4.69) is 18.1 Å². The van der Waals surface area contributed by atoms with Gasteiger partial charge in [-0.25, -0.2) is 0 Å². The van der Waals surface area contributed by atoms with E-state index in [1.54, 1.807) is 14.2 Å². The Hall–Kier alpha value is -3.94. The van der Waals surface area contributed by atoms with Crippen LogP contribution in [0.15, 0.2) is 0 Å². The van der Waals surface area contributed by atoms with Crippen molar-refractivity contribution in [1.29, 1.82) is 0 Å². The molecule has 12 heterocycles. The number of nitrogens with two attached hydrogens (primary N) is 2. The number of ether oxygens (including phenoxy) is 2. The van der Waals surface area contributed by atoms with E-state index < -0.39 is 0 Å². The standard InChI is InChI=1S/C21H10N6O2/c1-28-19-6(22)14-8-4-12(19)25(14)9-5-13-20(29-2)7(23)15(9)27(13)21(4,5)3-10-16(24(8)10)18-17-11(3)26(17)18/h22-23H2,1-2H3. The van der Waals surface area contributed by atoms with E-state index in [9.17, 15) is 0 Å². The summed E-state index contributed by atoms with van der Waals surface area (Å²) in [4.78, 5) is 0. The van der Waals surface area contributed by atoms with Gasteiger partial charge >= 0.3 is 0 Å². The molecule has 0 saturated carbocycles. The van der Waals surface area contributed by atoms with Crippen molar-refractivity contribution in [2.45, 2.75) is 5.54 Å². The Kier molecular flexibility index (Phi) is 1.06. The first-order valence-corrected chi connectivity index (χ1v) is 9.74. The molecule has 0 fully saturated rings. The van der Waals surface area contributed by atoms with Gasteiger partial charge < -0.3 is 30.1 Å². The number of anilines is 2. The third-order valence-corrected chi connectivity index (χ3v) is 8.34. The summed E-state index contributed by atoms with van der Waals surface area (Å²) in [6, 6.07) is 0. The SMILES string of the molecule is COc1c(N)c2c3c4c1n2-c1c2c5c(OC)c(N)c1n5C42c1c2c(c4c5c1n45)n2-3. The van der Waals surface area contributed by atoms with Gasteiger partial charge in [0, 0.05) is 16.7 Å². The molecule has 1 unspecified atom stereocenters. The zero-order chi connectivity index (χ0) is 18.6. The monoisotopic (exact) mass is 378 g/mol. The van der Waals surface area contributed by atoms with Crippen LogP contribution >= 0.6 is 0 Å². The average Bonchev–Trinajstić information content (AvgIpc) is 3.63. The fourth-order valence-electron chi connectivity index (χ4n) is 7.51. The lowest BCUT2D eigenvalue weighted by molar-refractivity contribution is 0.411. The van der Waals surface area contributed by atoms with Crippen LogP contribution < -0.4 is 20.9 Å². The highest BCUT2D eigenvalue weighted by Gasteiger charge is 2.68. The number of rotatable bonds is 2. The summed E-state index contributed by atoms with van der Waals surface area (Å²) in [6.07, 6.45) is 0. The van der Waals surface area contributed by atoms with E-state index in [1.165, 1.54) is 55.6 Å². The molecule has 136 valence electrons. The topological polar surface area (TPSA) is 89.7 Å². The first-order valence-electron chi connectivity index (χ1n) is 9.74. The van der Waals surface area contributed by atoms with E-state index in [4.69, 9.17) is 20.9 Å². The molecule has 1 spiro atoms. The van der Waals surface area contributed by atoms with E-state index in [0.29, 0.717) is 0 Å². The van der Waals surface area contributed by atoms with Gasteiger partial charge in [-0.2, -0.15) is 0 Å². The van der Waals surface area contributed by atoms with Gasteiger partial charge in [-0.15, -0.1) is 0 Å². The Morgan fingerprint density at radius 3 is 2.00 bits per heavy atom. The maximum atomic E-state index is 6.63. The Balaban J connectivity index is 1.52. The summed E-state index contributed by atoms with van der Waals surface area (Å²) in [7, 11) is 3.41. The molecule has 8 nitrogen and oxygen atoms in total. The van der Waals surface area contributed by atoms with Crippen LogP contribution in [0.1, 0.15) is 16.7 Å². The molecule has 12 bridgehead atoms. The minimum Gasteiger partial charge on any atom is -0.492 e. The van der Waals surface area contributed by atoms with Gasteiger partial charge in [-0.1, -0.05) is 0 Å². The van der Waals surface area contributed by atoms with E-state index in [-0.39, 0.29) is 5.54 Å². The number of fused-ring (bicyclic) bond motifs is 2. The lowest BCUT2D eigenvalue weighted by Crippen LogP contribution is -2.44. The Bertz CT molecular complexity index is 2030. The van der Waals surface area contributed by atoms with Crippen LogP contribution in [0.3, 0.4) is 0 Å². The Morgan fingerprint density at radius 2 is 1.24 bits per heavy atom. The second kappa shape index (κ2) is 2.61. The van der Waals surface area contributed by atoms with Crippen molar-refractivity contribution in [3.63, 3.8) is 0 Å². The van der Waals surface area contributed by atoms with Crippen LogP contribution in [0.25, 0.3) is 61.0 Å². The molecule has 1 aromatic carbocycles. The Morgan fingerprint density at radius 1 is 0.621 bits per heavy atom. The van der Waals surface area contributed by atoms with Gasteiger partial charge in [-0.05, 0) is 0 Å². The van der Waals surface area contributed by atoms with Gasteiger partial charge in [0.2, 0.25) is 0 Å². The molecule has 0 amide bonds. The quantitative estimate of drug-likeness (QED) is 0.453. The predicted molar refractivity (Wildman–Crippen MR) is 108 cm³/mol. The van der Waals surface area contributed by atoms with Crippen molar-refractivity contribution < 1.29 is 9.47 Å². The molecule has 4 aliphatic rings. The van der Waals surface area contributed by atoms with Crippen molar-refractivity contribution in [2.24, 2.45) is 0 Å². The molecular formula is C21H10N6O2. The number of hydrogen-bond acceptors (Lipinski definition) is 4. The Labute approximate surface area is 160 Å². The fraction of sp³-hybridized carbons (Fsp3) is 0.143. The van der Waals surface area contributed by atoms with Gasteiger partial charge in [0.15, 0.2) is 11.5 Å². The van der Waals surface area contributed by atoms with Crippen LogP contribution in [0.4, 0.5) is 11.4 Å². The highest BCUT2D eigenvalue weighted by atomic mass is 16.5. The number of nitrogen functional groups attached to an aromatic ring is 2. The number of methoxy groups -OCH3 is 2. The molecule has 0 aliphatic carbocycles. The summed E-state index contributed by atoms with van der Waals surface area (Å²) < 4.78 is 21.1. The fourth-order valence-corrected chi connectivity index (χ4v) is 7.51. The van der Waals surface area contributed by atoms with Crippen molar-refractivity contribution in [1.82, 2.24) is 18.1 Å². The molecule has 1 atom stereocenters. The van der Waals surface area contributed by atoms with Crippen molar-refractivity contribution >= 4 is 61.0 Å². The molecule has 9 aromatic rings. The predicted octanol–water partition coefficient (Wildman–Crippen LogP) is 2.52. The second-order valence-electron chi connectivity index (χ2n) is 8.91. The van der Waals surface area contributed by atoms with Crippen LogP contribution in [-0.4, -0.2) is 32.3 Å². The molecule has 8 aromatic heterocycles. The first kappa shape index (κ1) is 11.8. The number of benzene rings is 3. The highest BCUT2D eigenvalue weighted by molar-refractivity contribution is 6.36. The second-order valence-corrected chi connectivity index (χ2v) is 8.91. The molecule has 4 aliphatic heterocycles. The zero-order valence-corrected chi connectivity index (χ0v) is 15.3. The molecule has 13 rings (SSSR count). The maximum Gasteiger partial charge on any atom is 0.168 e. The summed E-state index contributed by atoms with van der Waals surface area (Å²) in [6.45, 7) is 0. The molecule has 29 heavy (non-hydrogen) atoms. The van der Waals surface area contributed by atoms with Crippen LogP contribution in [0, 0.1) is 0 Å².